The van der Waals surface area contributed by atoms with Crippen LogP contribution in [0.15, 0.2) is 24.3 Å². The van der Waals surface area contributed by atoms with E-state index in [2.05, 4.69) is 11.2 Å². The summed E-state index contributed by atoms with van der Waals surface area (Å²) in [4.78, 5) is 11.4. The molecule has 3 heteroatoms. The van der Waals surface area contributed by atoms with Crippen LogP contribution >= 0.6 is 0 Å². The molecule has 0 heterocycles. The van der Waals surface area contributed by atoms with Crippen molar-refractivity contribution in [3.05, 3.63) is 29.8 Å². The second-order valence-electron chi connectivity index (χ2n) is 4.07. The monoisotopic (exact) mass is 245 g/mol. The van der Waals surface area contributed by atoms with E-state index < -0.39 is 0 Å². The first-order valence-electron chi connectivity index (χ1n) is 6.12. The Labute approximate surface area is 109 Å². The first-order valence-corrected chi connectivity index (χ1v) is 6.12. The van der Waals surface area contributed by atoms with Gasteiger partial charge in [0, 0.05) is 13.0 Å². The molecule has 96 valence electrons. The Hall–Kier alpha value is -1.95. The number of hydrogen-bond acceptors (Lipinski definition) is 2. The van der Waals surface area contributed by atoms with Gasteiger partial charge in [-0.05, 0) is 31.0 Å². The minimum atomic E-state index is -0.000301. The second-order valence-corrected chi connectivity index (χ2v) is 4.07. The maximum absolute atomic E-state index is 11.4. The molecule has 0 fully saturated rings. The summed E-state index contributed by atoms with van der Waals surface area (Å²) in [5.74, 6) is 3.34. The third kappa shape index (κ3) is 5.95. The van der Waals surface area contributed by atoms with E-state index in [0.717, 1.165) is 17.7 Å². The molecule has 1 aromatic rings. The Balaban J connectivity index is 2.14. The second kappa shape index (κ2) is 8.19. The maximum atomic E-state index is 11.4. The molecule has 1 N–H and O–H groups in total. The average Bonchev–Trinajstić information content (AvgIpc) is 2.35. The topological polar surface area (TPSA) is 38.3 Å². The molecule has 0 atom stereocenters. The smallest absolute Gasteiger partial charge is 0.223 e. The lowest BCUT2D eigenvalue weighted by Crippen LogP contribution is -2.25. The summed E-state index contributed by atoms with van der Waals surface area (Å²) in [6.45, 7) is 3.03. The number of unbranched alkanes of at least 4 members (excludes halogenated alkanes) is 1. The van der Waals surface area contributed by atoms with Gasteiger partial charge in [-0.25, -0.2) is 0 Å². The van der Waals surface area contributed by atoms with Crippen molar-refractivity contribution in [2.75, 3.05) is 13.2 Å². The fourth-order valence-electron chi connectivity index (χ4n) is 1.47. The Kier molecular flexibility index (Phi) is 6.42. The highest BCUT2D eigenvalue weighted by molar-refractivity contribution is 5.75. The van der Waals surface area contributed by atoms with Gasteiger partial charge in [0.25, 0.3) is 0 Å². The highest BCUT2D eigenvalue weighted by atomic mass is 16.5. The van der Waals surface area contributed by atoms with Crippen LogP contribution in [0.3, 0.4) is 0 Å². The largest absolute Gasteiger partial charge is 0.493 e. The van der Waals surface area contributed by atoms with Gasteiger partial charge in [0.2, 0.25) is 5.91 Å². The molecule has 1 aromatic carbocycles. The summed E-state index contributed by atoms with van der Waals surface area (Å²) in [5.41, 5.74) is 1.14. The number of aryl methyl sites for hydroxylation is 1. The molecular formula is C15H19NO2. The van der Waals surface area contributed by atoms with Crippen molar-refractivity contribution in [1.29, 1.82) is 0 Å². The van der Waals surface area contributed by atoms with Crippen molar-refractivity contribution in [1.82, 2.24) is 5.32 Å². The van der Waals surface area contributed by atoms with Crippen LogP contribution in [0.4, 0.5) is 0 Å². The number of carbonyl (C=O) groups excluding carboxylic acids is 1. The predicted molar refractivity (Wildman–Crippen MR) is 72.4 cm³/mol. The van der Waals surface area contributed by atoms with E-state index in [0.29, 0.717) is 26.0 Å². The van der Waals surface area contributed by atoms with E-state index in [4.69, 9.17) is 11.2 Å². The SMILES string of the molecule is C#CCCCNC(=O)CCOc1cccc(C)c1. The molecule has 0 unspecified atom stereocenters. The minimum Gasteiger partial charge on any atom is -0.493 e. The molecule has 1 rings (SSSR count). The summed E-state index contributed by atoms with van der Waals surface area (Å²) in [6, 6.07) is 7.78. The molecule has 0 saturated heterocycles. The summed E-state index contributed by atoms with van der Waals surface area (Å²) in [6.07, 6.45) is 7.00. The van der Waals surface area contributed by atoms with Crippen molar-refractivity contribution in [2.45, 2.75) is 26.2 Å². The van der Waals surface area contributed by atoms with Crippen molar-refractivity contribution in [3.8, 4) is 18.1 Å². The van der Waals surface area contributed by atoms with Gasteiger partial charge >= 0.3 is 0 Å². The van der Waals surface area contributed by atoms with Crippen molar-refractivity contribution < 1.29 is 9.53 Å². The van der Waals surface area contributed by atoms with Gasteiger partial charge in [0.05, 0.1) is 13.0 Å². The van der Waals surface area contributed by atoms with E-state index in [1.807, 2.05) is 31.2 Å². The standard InChI is InChI=1S/C15H19NO2/c1-3-4-5-10-16-15(17)9-11-18-14-8-6-7-13(2)12-14/h1,6-8,12H,4-5,9-11H2,2H3,(H,16,17). The normalized spacial score (nSPS) is 9.56. The van der Waals surface area contributed by atoms with Gasteiger partial charge in [0.1, 0.15) is 5.75 Å². The summed E-state index contributed by atoms with van der Waals surface area (Å²) in [5, 5.41) is 2.80. The number of ether oxygens (including phenoxy) is 1. The third-order valence-corrected chi connectivity index (χ3v) is 2.41. The molecule has 0 aliphatic carbocycles. The van der Waals surface area contributed by atoms with Crippen LogP contribution in [0.1, 0.15) is 24.8 Å². The molecular weight excluding hydrogens is 226 g/mol. The first-order chi connectivity index (χ1) is 8.72. The van der Waals surface area contributed by atoms with Gasteiger partial charge in [-0.1, -0.05) is 12.1 Å². The minimum absolute atomic E-state index is 0.000301. The molecule has 0 aliphatic rings. The quantitative estimate of drug-likeness (QED) is 0.591. The molecule has 18 heavy (non-hydrogen) atoms. The number of benzene rings is 1. The molecule has 0 spiro atoms. The number of nitrogens with one attached hydrogen (secondary N) is 1. The van der Waals surface area contributed by atoms with Crippen molar-refractivity contribution in [2.24, 2.45) is 0 Å². The number of rotatable bonds is 7. The van der Waals surface area contributed by atoms with Crippen LogP contribution in [0.2, 0.25) is 0 Å². The number of terminal acetylenes is 1. The van der Waals surface area contributed by atoms with Crippen LogP contribution < -0.4 is 10.1 Å². The Morgan fingerprint density at radius 1 is 1.50 bits per heavy atom. The zero-order valence-corrected chi connectivity index (χ0v) is 10.7. The Morgan fingerprint density at radius 2 is 2.33 bits per heavy atom. The van der Waals surface area contributed by atoms with Gasteiger partial charge in [0.15, 0.2) is 0 Å². The molecule has 1 amide bonds. The molecule has 0 saturated carbocycles. The van der Waals surface area contributed by atoms with Gasteiger partial charge in [-0.3, -0.25) is 4.79 Å². The molecule has 0 bridgehead atoms. The molecule has 0 radical (unpaired) electrons. The van der Waals surface area contributed by atoms with Crippen LogP contribution in [0.25, 0.3) is 0 Å². The van der Waals surface area contributed by atoms with Crippen LogP contribution in [0, 0.1) is 19.3 Å². The third-order valence-electron chi connectivity index (χ3n) is 2.41. The van der Waals surface area contributed by atoms with Gasteiger partial charge < -0.3 is 10.1 Å². The van der Waals surface area contributed by atoms with Crippen molar-refractivity contribution >= 4 is 5.91 Å². The van der Waals surface area contributed by atoms with Gasteiger partial charge in [-0.15, -0.1) is 12.3 Å². The van der Waals surface area contributed by atoms with Gasteiger partial charge in [-0.2, -0.15) is 0 Å². The lowest BCUT2D eigenvalue weighted by Gasteiger charge is -2.07. The average molecular weight is 245 g/mol. The molecule has 3 nitrogen and oxygen atoms in total. The van der Waals surface area contributed by atoms with E-state index in [1.165, 1.54) is 0 Å². The molecule has 0 aromatic heterocycles. The van der Waals surface area contributed by atoms with Crippen LogP contribution in [-0.4, -0.2) is 19.1 Å². The lowest BCUT2D eigenvalue weighted by molar-refractivity contribution is -0.121. The number of amides is 1. The predicted octanol–water partition coefficient (Wildman–Crippen LogP) is 2.29. The number of hydrogen-bond donors (Lipinski definition) is 1. The lowest BCUT2D eigenvalue weighted by atomic mass is 10.2. The highest BCUT2D eigenvalue weighted by Crippen LogP contribution is 2.12. The maximum Gasteiger partial charge on any atom is 0.223 e. The van der Waals surface area contributed by atoms with Crippen molar-refractivity contribution in [3.63, 3.8) is 0 Å². The van der Waals surface area contributed by atoms with E-state index in [9.17, 15) is 4.79 Å². The van der Waals surface area contributed by atoms with E-state index in [-0.39, 0.29) is 5.91 Å². The summed E-state index contributed by atoms with van der Waals surface area (Å²) in [7, 11) is 0. The summed E-state index contributed by atoms with van der Waals surface area (Å²) < 4.78 is 5.49. The zero-order valence-electron chi connectivity index (χ0n) is 10.7. The molecule has 0 aliphatic heterocycles. The van der Waals surface area contributed by atoms with Crippen LogP contribution in [-0.2, 0) is 4.79 Å². The van der Waals surface area contributed by atoms with Crippen LogP contribution in [0.5, 0.6) is 5.75 Å². The zero-order chi connectivity index (χ0) is 13.2. The fourth-order valence-corrected chi connectivity index (χ4v) is 1.47. The highest BCUT2D eigenvalue weighted by Gasteiger charge is 2.01. The fraction of sp³-hybridized carbons (Fsp3) is 0.400. The van der Waals surface area contributed by atoms with E-state index in [1.54, 1.807) is 0 Å². The van der Waals surface area contributed by atoms with E-state index >= 15 is 0 Å². The Bertz CT molecular complexity index is 421. The summed E-state index contributed by atoms with van der Waals surface area (Å²) >= 11 is 0. The number of carbonyl (C=O) groups is 1. The Morgan fingerprint density at radius 3 is 3.06 bits per heavy atom. The first kappa shape index (κ1) is 14.1.